The summed E-state index contributed by atoms with van der Waals surface area (Å²) in [5, 5.41) is 10.0. The van der Waals surface area contributed by atoms with E-state index in [0.717, 1.165) is 12.1 Å². The predicted molar refractivity (Wildman–Crippen MR) is 70.6 cm³/mol. The number of rotatable bonds is 5. The Morgan fingerprint density at radius 1 is 1.29 bits per heavy atom. The maximum absolute atomic E-state index is 10.0. The van der Waals surface area contributed by atoms with E-state index in [2.05, 4.69) is 32.6 Å². The first-order chi connectivity index (χ1) is 8.01. The minimum Gasteiger partial charge on any atom is -0.507 e. The molecule has 0 aliphatic carbocycles. The van der Waals surface area contributed by atoms with Gasteiger partial charge in [0, 0.05) is 23.7 Å². The fraction of sp³-hybridized carbons (Fsp3) is 0.571. The van der Waals surface area contributed by atoms with Crippen molar-refractivity contribution in [3.63, 3.8) is 0 Å². The quantitative estimate of drug-likeness (QED) is 0.853. The highest BCUT2D eigenvalue weighted by atomic mass is 16.5. The highest BCUT2D eigenvalue weighted by Gasteiger charge is 2.19. The lowest BCUT2D eigenvalue weighted by Gasteiger charge is -2.32. The Balaban J connectivity index is 2.99. The Bertz CT molecular complexity index is 363. The lowest BCUT2D eigenvalue weighted by atomic mass is 10.0. The first-order valence-corrected chi connectivity index (χ1v) is 6.13. The van der Waals surface area contributed by atoms with Crippen molar-refractivity contribution in [3.8, 4) is 11.5 Å². The molecule has 0 radical (unpaired) electrons. The van der Waals surface area contributed by atoms with Crippen LogP contribution in [0.2, 0.25) is 0 Å². The Hall–Kier alpha value is -1.22. The van der Waals surface area contributed by atoms with Crippen molar-refractivity contribution in [2.24, 2.45) is 0 Å². The second kappa shape index (κ2) is 5.92. The van der Waals surface area contributed by atoms with Gasteiger partial charge in [-0.3, -0.25) is 4.90 Å². The number of phenols is 1. The first-order valence-electron chi connectivity index (χ1n) is 6.13. The van der Waals surface area contributed by atoms with Gasteiger partial charge in [-0.1, -0.05) is 13.0 Å². The molecule has 0 heterocycles. The fourth-order valence-corrected chi connectivity index (χ4v) is 2.27. The van der Waals surface area contributed by atoms with Crippen LogP contribution in [0.1, 0.15) is 39.3 Å². The van der Waals surface area contributed by atoms with Crippen LogP contribution in [0, 0.1) is 0 Å². The number of hydrogen-bond donors (Lipinski definition) is 1. The largest absolute Gasteiger partial charge is 0.507 e. The van der Waals surface area contributed by atoms with Crippen LogP contribution in [0.4, 0.5) is 0 Å². The van der Waals surface area contributed by atoms with E-state index >= 15 is 0 Å². The van der Waals surface area contributed by atoms with Crippen molar-refractivity contribution < 1.29 is 9.84 Å². The van der Waals surface area contributed by atoms with Crippen LogP contribution in [-0.2, 0) is 0 Å². The molecule has 1 aromatic rings. The number of methoxy groups -OCH3 is 1. The van der Waals surface area contributed by atoms with E-state index in [1.165, 1.54) is 0 Å². The molecule has 0 aromatic heterocycles. The molecule has 0 bridgehead atoms. The fourth-order valence-electron chi connectivity index (χ4n) is 2.27. The number of ether oxygens (including phenoxy) is 1. The molecule has 96 valence electrons. The van der Waals surface area contributed by atoms with Gasteiger partial charge in [0.25, 0.3) is 0 Å². The Labute approximate surface area is 104 Å². The zero-order chi connectivity index (χ0) is 13.0. The number of benzene rings is 1. The van der Waals surface area contributed by atoms with Gasteiger partial charge < -0.3 is 9.84 Å². The molecule has 0 fully saturated rings. The van der Waals surface area contributed by atoms with Crippen LogP contribution in [-0.4, -0.2) is 29.7 Å². The number of hydrogen-bond acceptors (Lipinski definition) is 3. The second-order valence-corrected chi connectivity index (χ2v) is 4.52. The zero-order valence-electron chi connectivity index (χ0n) is 11.4. The third-order valence-electron chi connectivity index (χ3n) is 3.21. The molecule has 1 atom stereocenters. The summed E-state index contributed by atoms with van der Waals surface area (Å²) in [5.74, 6) is 0.988. The van der Waals surface area contributed by atoms with Crippen LogP contribution in [0.15, 0.2) is 18.2 Å². The standard InChI is InChI=1S/C14H23NO2/c1-6-15(10(2)3)11(4)13-8-7-12(17-5)9-14(13)16/h7-11,16H,6H2,1-5H3. The van der Waals surface area contributed by atoms with E-state index < -0.39 is 0 Å². The summed E-state index contributed by atoms with van der Waals surface area (Å²) in [6.07, 6.45) is 0. The average molecular weight is 237 g/mol. The van der Waals surface area contributed by atoms with Crippen molar-refractivity contribution in [2.75, 3.05) is 13.7 Å². The molecule has 1 aromatic carbocycles. The molecule has 1 unspecified atom stereocenters. The van der Waals surface area contributed by atoms with Crippen molar-refractivity contribution >= 4 is 0 Å². The van der Waals surface area contributed by atoms with Gasteiger partial charge in [0.1, 0.15) is 11.5 Å². The molecule has 3 nitrogen and oxygen atoms in total. The molecule has 17 heavy (non-hydrogen) atoms. The molecule has 0 spiro atoms. The van der Waals surface area contributed by atoms with E-state index in [4.69, 9.17) is 4.74 Å². The van der Waals surface area contributed by atoms with Crippen molar-refractivity contribution in [1.82, 2.24) is 4.90 Å². The summed E-state index contributed by atoms with van der Waals surface area (Å²) < 4.78 is 5.09. The SMILES string of the molecule is CCN(C(C)C)C(C)c1ccc(OC)cc1O. The molecular formula is C14H23NO2. The molecular weight excluding hydrogens is 214 g/mol. The molecule has 0 saturated heterocycles. The van der Waals surface area contributed by atoms with Gasteiger partial charge in [0.2, 0.25) is 0 Å². The Kier molecular flexibility index (Phi) is 4.82. The molecule has 0 aliphatic rings. The second-order valence-electron chi connectivity index (χ2n) is 4.52. The molecule has 1 N–H and O–H groups in total. The van der Waals surface area contributed by atoms with Crippen LogP contribution in [0.3, 0.4) is 0 Å². The lowest BCUT2D eigenvalue weighted by molar-refractivity contribution is 0.172. The molecule has 0 amide bonds. The first kappa shape index (κ1) is 13.8. The maximum Gasteiger partial charge on any atom is 0.124 e. The van der Waals surface area contributed by atoms with Crippen molar-refractivity contribution in [2.45, 2.75) is 39.8 Å². The van der Waals surface area contributed by atoms with E-state index in [0.29, 0.717) is 17.5 Å². The lowest BCUT2D eigenvalue weighted by Crippen LogP contribution is -2.33. The van der Waals surface area contributed by atoms with E-state index in [1.807, 2.05) is 12.1 Å². The summed E-state index contributed by atoms with van der Waals surface area (Å²) in [6, 6.07) is 6.14. The van der Waals surface area contributed by atoms with E-state index in [1.54, 1.807) is 13.2 Å². The molecule has 3 heteroatoms. The van der Waals surface area contributed by atoms with Gasteiger partial charge in [-0.15, -0.1) is 0 Å². The third-order valence-corrected chi connectivity index (χ3v) is 3.21. The normalized spacial score (nSPS) is 13.1. The van der Waals surface area contributed by atoms with Gasteiger partial charge in [-0.25, -0.2) is 0 Å². The summed E-state index contributed by atoms with van der Waals surface area (Å²) in [5.41, 5.74) is 0.946. The number of nitrogens with zero attached hydrogens (tertiary/aromatic N) is 1. The summed E-state index contributed by atoms with van der Waals surface area (Å²) in [4.78, 5) is 2.33. The smallest absolute Gasteiger partial charge is 0.124 e. The summed E-state index contributed by atoms with van der Waals surface area (Å²) in [7, 11) is 1.60. The van der Waals surface area contributed by atoms with Gasteiger partial charge in [0.05, 0.1) is 7.11 Å². The van der Waals surface area contributed by atoms with Crippen LogP contribution in [0.25, 0.3) is 0 Å². The number of aromatic hydroxyl groups is 1. The van der Waals surface area contributed by atoms with Gasteiger partial charge in [-0.05, 0) is 33.4 Å². The Morgan fingerprint density at radius 2 is 1.94 bits per heavy atom. The van der Waals surface area contributed by atoms with Crippen LogP contribution >= 0.6 is 0 Å². The molecule has 0 aliphatic heterocycles. The van der Waals surface area contributed by atoms with Crippen molar-refractivity contribution in [3.05, 3.63) is 23.8 Å². The van der Waals surface area contributed by atoms with Gasteiger partial charge in [0.15, 0.2) is 0 Å². The van der Waals surface area contributed by atoms with E-state index in [9.17, 15) is 5.11 Å². The van der Waals surface area contributed by atoms with Crippen LogP contribution in [0.5, 0.6) is 11.5 Å². The van der Waals surface area contributed by atoms with Crippen molar-refractivity contribution in [1.29, 1.82) is 0 Å². The highest BCUT2D eigenvalue weighted by molar-refractivity contribution is 5.41. The topological polar surface area (TPSA) is 32.7 Å². The van der Waals surface area contributed by atoms with Gasteiger partial charge in [-0.2, -0.15) is 0 Å². The molecule has 1 rings (SSSR count). The minimum atomic E-state index is 0.200. The molecule has 0 saturated carbocycles. The predicted octanol–water partition coefficient (Wildman–Crippen LogP) is 3.19. The third kappa shape index (κ3) is 3.13. The summed E-state index contributed by atoms with van der Waals surface area (Å²) >= 11 is 0. The number of phenolic OH excluding ortho intramolecular Hbond substituents is 1. The van der Waals surface area contributed by atoms with E-state index in [-0.39, 0.29) is 6.04 Å². The van der Waals surface area contributed by atoms with Crippen LogP contribution < -0.4 is 4.74 Å². The maximum atomic E-state index is 10.0. The minimum absolute atomic E-state index is 0.200. The Morgan fingerprint density at radius 3 is 2.35 bits per heavy atom. The average Bonchev–Trinajstić information content (AvgIpc) is 2.28. The zero-order valence-corrected chi connectivity index (χ0v) is 11.4. The van der Waals surface area contributed by atoms with Gasteiger partial charge >= 0.3 is 0 Å². The highest BCUT2D eigenvalue weighted by Crippen LogP contribution is 2.32. The monoisotopic (exact) mass is 237 g/mol. The summed E-state index contributed by atoms with van der Waals surface area (Å²) in [6.45, 7) is 9.55.